The Bertz CT molecular complexity index is 994. The quantitative estimate of drug-likeness (QED) is 0.722. The van der Waals surface area contributed by atoms with Crippen LogP contribution in [0.3, 0.4) is 0 Å². The van der Waals surface area contributed by atoms with E-state index in [1.165, 1.54) is 5.56 Å². The molecule has 0 bridgehead atoms. The number of nitrogens with zero attached hydrogens (tertiary/aromatic N) is 2. The van der Waals surface area contributed by atoms with Crippen LogP contribution in [0, 0.1) is 13.8 Å². The van der Waals surface area contributed by atoms with Gasteiger partial charge in [0.25, 0.3) is 5.91 Å². The molecule has 27 heavy (non-hydrogen) atoms. The molecule has 0 fully saturated rings. The number of rotatable bonds is 4. The van der Waals surface area contributed by atoms with Crippen molar-refractivity contribution < 1.29 is 4.79 Å². The molecular formula is C21H21ClN4O. The molecule has 6 heteroatoms. The molecule has 138 valence electrons. The second-order valence-corrected chi connectivity index (χ2v) is 7.35. The smallest absolute Gasteiger partial charge is 0.269 e. The number of amides is 1. The fourth-order valence-corrected chi connectivity index (χ4v) is 3.52. The largest absolute Gasteiger partial charge is 0.347 e. The number of nitrogens with one attached hydrogen (secondary N) is 2. The highest BCUT2D eigenvalue weighted by Gasteiger charge is 2.27. The molecule has 1 aromatic heterocycles. The molecule has 1 aliphatic heterocycles. The molecule has 4 rings (SSSR count). The van der Waals surface area contributed by atoms with E-state index in [0.29, 0.717) is 18.8 Å². The molecule has 0 spiro atoms. The summed E-state index contributed by atoms with van der Waals surface area (Å²) in [6.07, 6.45) is -0.104. The molecule has 0 unspecified atom stereocenters. The molecule has 0 radical (unpaired) electrons. The third kappa shape index (κ3) is 3.61. The summed E-state index contributed by atoms with van der Waals surface area (Å²) in [5, 5.41) is 11.9. The Morgan fingerprint density at radius 2 is 1.96 bits per heavy atom. The van der Waals surface area contributed by atoms with E-state index in [0.717, 1.165) is 27.4 Å². The van der Waals surface area contributed by atoms with Crippen molar-refractivity contribution in [3.8, 4) is 11.3 Å². The first-order valence-electron chi connectivity index (χ1n) is 8.94. The van der Waals surface area contributed by atoms with Crippen molar-refractivity contribution in [2.45, 2.75) is 26.6 Å². The first kappa shape index (κ1) is 17.8. The van der Waals surface area contributed by atoms with Gasteiger partial charge in [-0.3, -0.25) is 10.1 Å². The maximum absolute atomic E-state index is 12.3. The van der Waals surface area contributed by atoms with E-state index in [4.69, 9.17) is 16.7 Å². The van der Waals surface area contributed by atoms with E-state index in [1.807, 2.05) is 30.3 Å². The van der Waals surface area contributed by atoms with Gasteiger partial charge in [-0.2, -0.15) is 5.10 Å². The maximum Gasteiger partial charge on any atom is 0.269 e. The summed E-state index contributed by atoms with van der Waals surface area (Å²) < 4.78 is 1.80. The van der Waals surface area contributed by atoms with Crippen LogP contribution >= 0.6 is 11.6 Å². The van der Waals surface area contributed by atoms with Crippen molar-refractivity contribution in [2.75, 3.05) is 6.54 Å². The van der Waals surface area contributed by atoms with Crippen molar-refractivity contribution >= 4 is 17.5 Å². The summed E-state index contributed by atoms with van der Waals surface area (Å²) in [7, 11) is 0. The molecule has 0 saturated heterocycles. The van der Waals surface area contributed by atoms with Crippen LogP contribution in [-0.4, -0.2) is 22.2 Å². The summed E-state index contributed by atoms with van der Waals surface area (Å²) in [5.41, 5.74) is 5.92. The minimum atomic E-state index is -0.104. The van der Waals surface area contributed by atoms with Crippen molar-refractivity contribution in [1.29, 1.82) is 0 Å². The highest BCUT2D eigenvalue weighted by molar-refractivity contribution is 6.30. The number of carbonyl (C=O) groups excluding carboxylic acids is 1. The lowest BCUT2D eigenvalue weighted by atomic mass is 10.0. The van der Waals surface area contributed by atoms with Crippen LogP contribution < -0.4 is 10.6 Å². The summed E-state index contributed by atoms with van der Waals surface area (Å²) in [6, 6.07) is 15.8. The Kier molecular flexibility index (Phi) is 4.72. The summed E-state index contributed by atoms with van der Waals surface area (Å²) in [5.74, 6) is -0.0944. The Morgan fingerprint density at radius 3 is 2.70 bits per heavy atom. The zero-order valence-corrected chi connectivity index (χ0v) is 16.0. The van der Waals surface area contributed by atoms with Gasteiger partial charge < -0.3 is 5.32 Å². The standard InChI is InChI=1S/C21H21ClN4O/c1-13-3-8-17(14(2)9-13)18-10-19-21(27)24-12-20(26(19)25-18)23-11-15-4-6-16(22)7-5-15/h3-10,20,23H,11-12H2,1-2H3,(H,24,27)/t20-/m0/s1. The van der Waals surface area contributed by atoms with Crippen LogP contribution in [0.1, 0.15) is 33.3 Å². The van der Waals surface area contributed by atoms with E-state index in [9.17, 15) is 4.79 Å². The highest BCUT2D eigenvalue weighted by Crippen LogP contribution is 2.26. The second kappa shape index (κ2) is 7.18. The molecule has 5 nitrogen and oxygen atoms in total. The first-order chi connectivity index (χ1) is 13.0. The summed E-state index contributed by atoms with van der Waals surface area (Å²) >= 11 is 5.94. The van der Waals surface area contributed by atoms with Gasteiger partial charge in [0, 0.05) is 17.1 Å². The molecule has 1 amide bonds. The van der Waals surface area contributed by atoms with Gasteiger partial charge in [0.15, 0.2) is 0 Å². The Labute approximate surface area is 163 Å². The lowest BCUT2D eigenvalue weighted by Crippen LogP contribution is -2.45. The Balaban J connectivity index is 1.61. The number of hydrogen-bond donors (Lipinski definition) is 2. The van der Waals surface area contributed by atoms with E-state index < -0.39 is 0 Å². The maximum atomic E-state index is 12.3. The molecule has 0 saturated carbocycles. The van der Waals surface area contributed by atoms with Crippen LogP contribution in [-0.2, 0) is 6.54 Å². The predicted octanol–water partition coefficient (Wildman–Crippen LogP) is 3.85. The third-order valence-electron chi connectivity index (χ3n) is 4.83. The average Bonchev–Trinajstić information content (AvgIpc) is 3.08. The SMILES string of the molecule is Cc1ccc(-c2cc3n(n2)[C@H](NCc2ccc(Cl)cc2)CNC3=O)c(C)c1. The highest BCUT2D eigenvalue weighted by atomic mass is 35.5. The van der Waals surface area contributed by atoms with Gasteiger partial charge in [0.05, 0.1) is 12.2 Å². The molecule has 2 aromatic carbocycles. The minimum absolute atomic E-state index is 0.0944. The van der Waals surface area contributed by atoms with Crippen molar-refractivity contribution in [1.82, 2.24) is 20.4 Å². The molecular weight excluding hydrogens is 360 g/mol. The average molecular weight is 381 g/mol. The molecule has 2 heterocycles. The normalized spacial score (nSPS) is 16.1. The number of halogens is 1. The van der Waals surface area contributed by atoms with Crippen LogP contribution in [0.25, 0.3) is 11.3 Å². The Hall–Kier alpha value is -2.63. The van der Waals surface area contributed by atoms with Gasteiger partial charge in [-0.1, -0.05) is 47.5 Å². The van der Waals surface area contributed by atoms with Crippen molar-refractivity contribution in [3.05, 3.63) is 75.9 Å². The minimum Gasteiger partial charge on any atom is -0.347 e. The van der Waals surface area contributed by atoms with Gasteiger partial charge >= 0.3 is 0 Å². The van der Waals surface area contributed by atoms with E-state index in [1.54, 1.807) is 4.68 Å². The zero-order valence-electron chi connectivity index (χ0n) is 15.3. The summed E-state index contributed by atoms with van der Waals surface area (Å²) in [4.78, 5) is 12.3. The monoisotopic (exact) mass is 380 g/mol. The topological polar surface area (TPSA) is 59.0 Å². The van der Waals surface area contributed by atoms with Gasteiger partial charge in [0.2, 0.25) is 0 Å². The van der Waals surface area contributed by atoms with E-state index in [2.05, 4.69) is 42.7 Å². The number of hydrogen-bond acceptors (Lipinski definition) is 3. The lowest BCUT2D eigenvalue weighted by molar-refractivity contribution is 0.0900. The van der Waals surface area contributed by atoms with Gasteiger partial charge in [0.1, 0.15) is 11.9 Å². The summed E-state index contributed by atoms with van der Waals surface area (Å²) in [6.45, 7) is 5.29. The fraction of sp³-hybridized carbons (Fsp3) is 0.238. The van der Waals surface area contributed by atoms with Crippen LogP contribution in [0.15, 0.2) is 48.5 Å². The Morgan fingerprint density at radius 1 is 1.19 bits per heavy atom. The number of aryl methyl sites for hydroxylation is 2. The first-order valence-corrected chi connectivity index (χ1v) is 9.32. The second-order valence-electron chi connectivity index (χ2n) is 6.91. The van der Waals surface area contributed by atoms with Gasteiger partial charge in [-0.25, -0.2) is 4.68 Å². The van der Waals surface area contributed by atoms with Gasteiger partial charge in [-0.15, -0.1) is 0 Å². The molecule has 1 atom stereocenters. The number of aromatic nitrogens is 2. The van der Waals surface area contributed by atoms with E-state index >= 15 is 0 Å². The molecule has 1 aliphatic rings. The van der Waals surface area contributed by atoms with Crippen LogP contribution in [0.5, 0.6) is 0 Å². The molecule has 3 aromatic rings. The number of benzene rings is 2. The van der Waals surface area contributed by atoms with E-state index in [-0.39, 0.29) is 12.1 Å². The fourth-order valence-electron chi connectivity index (χ4n) is 3.40. The van der Waals surface area contributed by atoms with Crippen LogP contribution in [0.2, 0.25) is 5.02 Å². The number of fused-ring (bicyclic) bond motifs is 1. The number of carbonyl (C=O) groups is 1. The lowest BCUT2D eigenvalue weighted by Gasteiger charge is -2.25. The molecule has 0 aliphatic carbocycles. The third-order valence-corrected chi connectivity index (χ3v) is 5.08. The van der Waals surface area contributed by atoms with Crippen LogP contribution in [0.4, 0.5) is 0 Å². The molecule has 2 N–H and O–H groups in total. The van der Waals surface area contributed by atoms with Crippen molar-refractivity contribution in [2.24, 2.45) is 0 Å². The van der Waals surface area contributed by atoms with Gasteiger partial charge in [-0.05, 0) is 43.2 Å². The van der Waals surface area contributed by atoms with Crippen molar-refractivity contribution in [3.63, 3.8) is 0 Å². The zero-order chi connectivity index (χ0) is 19.0. The predicted molar refractivity (Wildman–Crippen MR) is 107 cm³/mol.